The molecule has 0 N–H and O–H groups in total. The molecule has 0 aliphatic carbocycles. The number of rotatable bonds is 3. The van der Waals surface area contributed by atoms with E-state index in [1.165, 1.54) is 11.3 Å². The number of hydrogen-bond acceptors (Lipinski definition) is 3. The van der Waals surface area contributed by atoms with Crippen molar-refractivity contribution >= 4 is 11.7 Å². The lowest BCUT2D eigenvalue weighted by Crippen LogP contribution is -2.35. The van der Waals surface area contributed by atoms with Crippen LogP contribution in [0.15, 0.2) is 24.3 Å². The number of anilines is 1. The van der Waals surface area contributed by atoms with Crippen molar-refractivity contribution in [3.05, 3.63) is 29.8 Å². The highest BCUT2D eigenvalue weighted by Gasteiger charge is 2.27. The van der Waals surface area contributed by atoms with Crippen molar-refractivity contribution in [2.75, 3.05) is 18.1 Å². The van der Waals surface area contributed by atoms with Crippen molar-refractivity contribution in [1.29, 1.82) is 0 Å². The second kappa shape index (κ2) is 4.56. The third kappa shape index (κ3) is 2.03. The van der Waals surface area contributed by atoms with Crippen LogP contribution in [0.2, 0.25) is 0 Å². The molecule has 3 nitrogen and oxygen atoms in total. The molecule has 1 aromatic rings. The molecule has 1 heterocycles. The zero-order valence-electron chi connectivity index (χ0n) is 9.77. The normalized spacial score (nSPS) is 18.4. The van der Waals surface area contributed by atoms with Gasteiger partial charge in [-0.2, -0.15) is 0 Å². The molecule has 1 aliphatic heterocycles. The van der Waals surface area contributed by atoms with Crippen LogP contribution in [0.1, 0.15) is 19.4 Å². The SMILES string of the molecule is CCOC(=O)CN1c2ccccc2CC1C. The van der Waals surface area contributed by atoms with Crippen molar-refractivity contribution in [2.24, 2.45) is 0 Å². The van der Waals surface area contributed by atoms with E-state index in [1.807, 2.05) is 19.1 Å². The molecule has 1 aliphatic rings. The van der Waals surface area contributed by atoms with Crippen LogP contribution in [0.3, 0.4) is 0 Å². The second-order valence-corrected chi connectivity index (χ2v) is 4.11. The summed E-state index contributed by atoms with van der Waals surface area (Å²) in [6, 6.07) is 8.62. The Labute approximate surface area is 96.0 Å². The van der Waals surface area contributed by atoms with Gasteiger partial charge < -0.3 is 9.64 Å². The van der Waals surface area contributed by atoms with Crippen LogP contribution in [-0.2, 0) is 16.0 Å². The number of benzene rings is 1. The lowest BCUT2D eigenvalue weighted by atomic mass is 10.1. The molecule has 16 heavy (non-hydrogen) atoms. The van der Waals surface area contributed by atoms with Crippen LogP contribution in [-0.4, -0.2) is 25.2 Å². The van der Waals surface area contributed by atoms with Gasteiger partial charge in [0.2, 0.25) is 0 Å². The van der Waals surface area contributed by atoms with Gasteiger partial charge in [0.1, 0.15) is 6.54 Å². The monoisotopic (exact) mass is 219 g/mol. The maximum atomic E-state index is 11.5. The molecule has 0 saturated heterocycles. The number of fused-ring (bicyclic) bond motifs is 1. The van der Waals surface area contributed by atoms with Gasteiger partial charge in [-0.3, -0.25) is 4.79 Å². The molecule has 1 aromatic carbocycles. The van der Waals surface area contributed by atoms with Crippen molar-refractivity contribution in [2.45, 2.75) is 26.3 Å². The Kier molecular flexibility index (Phi) is 3.13. The average molecular weight is 219 g/mol. The van der Waals surface area contributed by atoms with E-state index in [9.17, 15) is 4.79 Å². The predicted octanol–water partition coefficient (Wildman–Crippen LogP) is 2.00. The van der Waals surface area contributed by atoms with E-state index in [4.69, 9.17) is 4.74 Å². The Morgan fingerprint density at radius 1 is 1.50 bits per heavy atom. The summed E-state index contributed by atoms with van der Waals surface area (Å²) in [5.41, 5.74) is 2.49. The van der Waals surface area contributed by atoms with Gasteiger partial charge >= 0.3 is 5.97 Å². The topological polar surface area (TPSA) is 29.5 Å². The van der Waals surface area contributed by atoms with E-state index in [2.05, 4.69) is 24.0 Å². The van der Waals surface area contributed by atoms with Gasteiger partial charge in [-0.15, -0.1) is 0 Å². The minimum atomic E-state index is -0.147. The molecule has 2 rings (SSSR count). The number of carbonyl (C=O) groups excluding carboxylic acids is 1. The van der Waals surface area contributed by atoms with Crippen LogP contribution in [0.5, 0.6) is 0 Å². The number of carbonyl (C=O) groups is 1. The van der Waals surface area contributed by atoms with Gasteiger partial charge in [-0.1, -0.05) is 18.2 Å². The van der Waals surface area contributed by atoms with Gasteiger partial charge in [-0.25, -0.2) is 0 Å². The maximum Gasteiger partial charge on any atom is 0.325 e. The third-order valence-electron chi connectivity index (χ3n) is 2.95. The first kappa shape index (κ1) is 11.0. The molecule has 0 spiro atoms. The first-order valence-electron chi connectivity index (χ1n) is 5.72. The Balaban J connectivity index is 2.13. The second-order valence-electron chi connectivity index (χ2n) is 4.11. The Bertz CT molecular complexity index is 389. The molecule has 0 fully saturated rings. The summed E-state index contributed by atoms with van der Waals surface area (Å²) in [7, 11) is 0. The van der Waals surface area contributed by atoms with Crippen molar-refractivity contribution in [3.8, 4) is 0 Å². The molecule has 0 aromatic heterocycles. The van der Waals surface area contributed by atoms with Gasteiger partial charge in [0.15, 0.2) is 0 Å². The van der Waals surface area contributed by atoms with Crippen molar-refractivity contribution < 1.29 is 9.53 Å². The van der Waals surface area contributed by atoms with E-state index >= 15 is 0 Å². The van der Waals surface area contributed by atoms with Crippen LogP contribution in [0.25, 0.3) is 0 Å². The summed E-state index contributed by atoms with van der Waals surface area (Å²) in [6.45, 7) is 4.77. The molecule has 1 unspecified atom stereocenters. The van der Waals surface area contributed by atoms with Crippen molar-refractivity contribution in [1.82, 2.24) is 0 Å². The third-order valence-corrected chi connectivity index (χ3v) is 2.95. The Morgan fingerprint density at radius 3 is 3.00 bits per heavy atom. The Hall–Kier alpha value is -1.51. The van der Waals surface area contributed by atoms with Gasteiger partial charge in [0, 0.05) is 11.7 Å². The molecule has 0 radical (unpaired) electrons. The summed E-state index contributed by atoms with van der Waals surface area (Å²) < 4.78 is 4.99. The van der Waals surface area contributed by atoms with E-state index in [0.717, 1.165) is 6.42 Å². The number of ether oxygens (including phenoxy) is 1. The standard InChI is InChI=1S/C13H17NO2/c1-3-16-13(15)9-14-10(2)8-11-6-4-5-7-12(11)14/h4-7,10H,3,8-9H2,1-2H3. The summed E-state index contributed by atoms with van der Waals surface area (Å²) >= 11 is 0. The van der Waals surface area contributed by atoms with Gasteiger partial charge in [0.05, 0.1) is 6.61 Å². The zero-order chi connectivity index (χ0) is 11.5. The molecule has 0 saturated carbocycles. The van der Waals surface area contributed by atoms with Crippen LogP contribution in [0.4, 0.5) is 5.69 Å². The summed E-state index contributed by atoms with van der Waals surface area (Å²) in [4.78, 5) is 13.6. The number of para-hydroxylation sites is 1. The van der Waals surface area contributed by atoms with Crippen LogP contribution in [0, 0.1) is 0 Å². The lowest BCUT2D eigenvalue weighted by molar-refractivity contribution is -0.141. The molecular formula is C13H17NO2. The highest BCUT2D eigenvalue weighted by molar-refractivity contribution is 5.77. The molecule has 0 bridgehead atoms. The Morgan fingerprint density at radius 2 is 2.25 bits per heavy atom. The molecular weight excluding hydrogens is 202 g/mol. The first-order valence-corrected chi connectivity index (χ1v) is 5.72. The highest BCUT2D eigenvalue weighted by Crippen LogP contribution is 2.31. The summed E-state index contributed by atoms with van der Waals surface area (Å²) in [6.07, 6.45) is 1.01. The lowest BCUT2D eigenvalue weighted by Gasteiger charge is -2.23. The minimum absolute atomic E-state index is 0.147. The molecule has 86 valence electrons. The summed E-state index contributed by atoms with van der Waals surface area (Å²) in [5, 5.41) is 0. The van der Waals surface area contributed by atoms with Gasteiger partial charge in [0.25, 0.3) is 0 Å². The fourth-order valence-electron chi connectivity index (χ4n) is 2.22. The van der Waals surface area contributed by atoms with Gasteiger partial charge in [-0.05, 0) is 31.9 Å². The van der Waals surface area contributed by atoms with E-state index in [1.54, 1.807) is 0 Å². The zero-order valence-corrected chi connectivity index (χ0v) is 9.77. The fourth-order valence-corrected chi connectivity index (χ4v) is 2.22. The average Bonchev–Trinajstić information content (AvgIpc) is 2.56. The highest BCUT2D eigenvalue weighted by atomic mass is 16.5. The first-order chi connectivity index (χ1) is 7.72. The van der Waals surface area contributed by atoms with Crippen LogP contribution >= 0.6 is 0 Å². The number of hydrogen-bond donors (Lipinski definition) is 0. The maximum absolute atomic E-state index is 11.5. The quantitative estimate of drug-likeness (QED) is 0.728. The molecule has 0 amide bonds. The largest absolute Gasteiger partial charge is 0.465 e. The smallest absolute Gasteiger partial charge is 0.325 e. The minimum Gasteiger partial charge on any atom is -0.465 e. The van der Waals surface area contributed by atoms with E-state index in [-0.39, 0.29) is 5.97 Å². The number of nitrogens with zero attached hydrogens (tertiary/aromatic N) is 1. The van der Waals surface area contributed by atoms with E-state index < -0.39 is 0 Å². The van der Waals surface area contributed by atoms with E-state index in [0.29, 0.717) is 19.2 Å². The van der Waals surface area contributed by atoms with Crippen LogP contribution < -0.4 is 4.90 Å². The fraction of sp³-hybridized carbons (Fsp3) is 0.462. The van der Waals surface area contributed by atoms with Crippen molar-refractivity contribution in [3.63, 3.8) is 0 Å². The molecule has 1 atom stereocenters. The number of esters is 1. The summed E-state index contributed by atoms with van der Waals surface area (Å²) in [5.74, 6) is -0.147. The molecule has 3 heteroatoms. The predicted molar refractivity (Wildman–Crippen MR) is 63.6 cm³/mol.